The number of nitrogen functional groups attached to an aromatic ring is 1. The maximum atomic E-state index is 12.1. The highest BCUT2D eigenvalue weighted by atomic mass is 32.2. The van der Waals surface area contributed by atoms with Gasteiger partial charge in [0.05, 0.1) is 0 Å². The molecule has 0 heterocycles. The molecule has 0 saturated heterocycles. The zero-order valence-electron chi connectivity index (χ0n) is 11.9. The fraction of sp³-hybridized carbons (Fsp3) is 0.462. The normalized spacial score (nSPS) is 12.3. The van der Waals surface area contributed by atoms with E-state index in [1.807, 2.05) is 6.92 Å². The van der Waals surface area contributed by atoms with Gasteiger partial charge in [-0.1, -0.05) is 0 Å². The number of benzene rings is 1. The molecule has 6 heteroatoms. The number of rotatable bonds is 3. The monoisotopic (exact) mass is 284 g/mol. The number of anilines is 2. The summed E-state index contributed by atoms with van der Waals surface area (Å²) in [6.07, 6.45) is 1.05. The van der Waals surface area contributed by atoms with Gasteiger partial charge in [-0.2, -0.15) is 0 Å². The highest BCUT2D eigenvalue weighted by Crippen LogP contribution is 2.24. The summed E-state index contributed by atoms with van der Waals surface area (Å²) in [5.41, 5.74) is 8.60. The third-order valence-corrected chi connectivity index (χ3v) is 5.37. The Hall–Kier alpha value is -1.56. The molecule has 0 aliphatic heterocycles. The standard InChI is InChI=1S/C13H20N2O3S/c1-8-7-11(9(2)6-10(8)14)15-12(16)13(3,4)19(5,17)18/h6-7H,14H2,1-5H3,(H,15,16). The summed E-state index contributed by atoms with van der Waals surface area (Å²) < 4.78 is 21.7. The molecule has 1 aromatic carbocycles. The lowest BCUT2D eigenvalue weighted by Crippen LogP contribution is -2.44. The fourth-order valence-corrected chi connectivity index (χ4v) is 1.80. The van der Waals surface area contributed by atoms with Gasteiger partial charge in [0.1, 0.15) is 4.75 Å². The van der Waals surface area contributed by atoms with Crippen molar-refractivity contribution in [3.63, 3.8) is 0 Å². The van der Waals surface area contributed by atoms with Crippen LogP contribution in [-0.2, 0) is 14.6 Å². The molecule has 1 rings (SSSR count). The summed E-state index contributed by atoms with van der Waals surface area (Å²) in [6, 6.07) is 3.49. The van der Waals surface area contributed by atoms with Gasteiger partial charge in [0.2, 0.25) is 5.91 Å². The predicted octanol–water partition coefficient (Wildman–Crippen LogP) is 1.65. The van der Waals surface area contributed by atoms with Crippen molar-refractivity contribution < 1.29 is 13.2 Å². The van der Waals surface area contributed by atoms with E-state index < -0.39 is 20.5 Å². The zero-order chi connectivity index (χ0) is 15.0. The van der Waals surface area contributed by atoms with E-state index in [0.29, 0.717) is 11.4 Å². The third-order valence-electron chi connectivity index (χ3n) is 3.34. The summed E-state index contributed by atoms with van der Waals surface area (Å²) in [5.74, 6) is -0.553. The van der Waals surface area contributed by atoms with Crippen LogP contribution >= 0.6 is 0 Å². The summed E-state index contributed by atoms with van der Waals surface area (Å²) in [7, 11) is -3.49. The molecule has 0 fully saturated rings. The number of sulfone groups is 1. The predicted molar refractivity (Wildman–Crippen MR) is 77.9 cm³/mol. The third kappa shape index (κ3) is 3.07. The lowest BCUT2D eigenvalue weighted by molar-refractivity contribution is -0.117. The van der Waals surface area contributed by atoms with E-state index in [1.165, 1.54) is 13.8 Å². The van der Waals surface area contributed by atoms with Crippen molar-refractivity contribution in [1.82, 2.24) is 0 Å². The van der Waals surface area contributed by atoms with Crippen molar-refractivity contribution in [3.05, 3.63) is 23.3 Å². The Bertz CT molecular complexity index is 619. The number of aryl methyl sites for hydroxylation is 2. The molecule has 3 N–H and O–H groups in total. The van der Waals surface area contributed by atoms with Crippen LogP contribution in [0.4, 0.5) is 11.4 Å². The van der Waals surface area contributed by atoms with Gasteiger partial charge in [0, 0.05) is 17.6 Å². The average molecular weight is 284 g/mol. The highest BCUT2D eigenvalue weighted by molar-refractivity contribution is 7.92. The minimum absolute atomic E-state index is 0.553. The molecule has 0 spiro atoms. The quantitative estimate of drug-likeness (QED) is 0.826. The minimum Gasteiger partial charge on any atom is -0.399 e. The number of carbonyl (C=O) groups is 1. The number of hydrogen-bond acceptors (Lipinski definition) is 4. The smallest absolute Gasteiger partial charge is 0.245 e. The molecule has 0 atom stereocenters. The second-order valence-corrected chi connectivity index (χ2v) is 7.83. The van der Waals surface area contributed by atoms with Crippen molar-refractivity contribution in [1.29, 1.82) is 0 Å². The molecule has 0 aromatic heterocycles. The van der Waals surface area contributed by atoms with Gasteiger partial charge in [-0.25, -0.2) is 8.42 Å². The fourth-order valence-electron chi connectivity index (χ4n) is 1.41. The molecule has 0 aliphatic rings. The van der Waals surface area contributed by atoms with Gasteiger partial charge in [-0.15, -0.1) is 0 Å². The van der Waals surface area contributed by atoms with Crippen LogP contribution in [0.1, 0.15) is 25.0 Å². The number of amides is 1. The van der Waals surface area contributed by atoms with Crippen LogP contribution in [0.15, 0.2) is 12.1 Å². The number of hydrogen-bond donors (Lipinski definition) is 2. The van der Waals surface area contributed by atoms with Gasteiger partial charge in [-0.3, -0.25) is 4.79 Å². The molecule has 0 aliphatic carbocycles. The van der Waals surface area contributed by atoms with Crippen LogP contribution < -0.4 is 11.1 Å². The lowest BCUT2D eigenvalue weighted by atomic mass is 10.1. The first-order valence-electron chi connectivity index (χ1n) is 5.84. The van der Waals surface area contributed by atoms with E-state index in [0.717, 1.165) is 17.4 Å². The summed E-state index contributed by atoms with van der Waals surface area (Å²) in [4.78, 5) is 12.1. The van der Waals surface area contributed by atoms with Crippen molar-refractivity contribution in [2.45, 2.75) is 32.4 Å². The Kier molecular flexibility index (Phi) is 3.95. The van der Waals surface area contributed by atoms with Gasteiger partial charge in [0.15, 0.2) is 9.84 Å². The van der Waals surface area contributed by atoms with E-state index in [4.69, 9.17) is 5.73 Å². The second-order valence-electron chi connectivity index (χ2n) is 5.26. The first-order chi connectivity index (χ1) is 8.46. The second kappa shape index (κ2) is 4.85. The molecule has 106 valence electrons. The van der Waals surface area contributed by atoms with Gasteiger partial charge in [-0.05, 0) is 51.0 Å². The largest absolute Gasteiger partial charge is 0.399 e. The molecular weight excluding hydrogens is 264 g/mol. The molecule has 1 amide bonds. The van der Waals surface area contributed by atoms with E-state index in [-0.39, 0.29) is 0 Å². The van der Waals surface area contributed by atoms with Crippen LogP contribution in [0.2, 0.25) is 0 Å². The molecule has 0 radical (unpaired) electrons. The molecular formula is C13H20N2O3S. The van der Waals surface area contributed by atoms with Crippen LogP contribution in [0.25, 0.3) is 0 Å². The van der Waals surface area contributed by atoms with Crippen LogP contribution in [0.3, 0.4) is 0 Å². The zero-order valence-corrected chi connectivity index (χ0v) is 12.7. The number of nitrogens with two attached hydrogens (primary N) is 1. The summed E-state index contributed by atoms with van der Waals surface area (Å²) in [5, 5.41) is 2.65. The van der Waals surface area contributed by atoms with Crippen LogP contribution in [-0.4, -0.2) is 25.3 Å². The van der Waals surface area contributed by atoms with Gasteiger partial charge >= 0.3 is 0 Å². The molecule has 0 bridgehead atoms. The first kappa shape index (κ1) is 15.5. The Morgan fingerprint density at radius 1 is 1.21 bits per heavy atom. The van der Waals surface area contributed by atoms with Crippen molar-refractivity contribution >= 4 is 27.1 Å². The highest BCUT2D eigenvalue weighted by Gasteiger charge is 2.38. The maximum Gasteiger partial charge on any atom is 0.245 e. The number of nitrogens with one attached hydrogen (secondary N) is 1. The summed E-state index contributed by atoms with van der Waals surface area (Å²) >= 11 is 0. The van der Waals surface area contributed by atoms with E-state index >= 15 is 0 Å². The molecule has 1 aromatic rings. The molecule has 5 nitrogen and oxygen atoms in total. The van der Waals surface area contributed by atoms with E-state index in [2.05, 4.69) is 5.32 Å². The van der Waals surface area contributed by atoms with Crippen LogP contribution in [0, 0.1) is 13.8 Å². The SMILES string of the molecule is Cc1cc(NC(=O)C(C)(C)S(C)(=O)=O)c(C)cc1N. The Morgan fingerprint density at radius 2 is 1.74 bits per heavy atom. The van der Waals surface area contributed by atoms with Crippen molar-refractivity contribution in [2.75, 3.05) is 17.3 Å². The average Bonchev–Trinajstić information content (AvgIpc) is 2.24. The van der Waals surface area contributed by atoms with Crippen LogP contribution in [0.5, 0.6) is 0 Å². The van der Waals surface area contributed by atoms with E-state index in [1.54, 1.807) is 19.1 Å². The Balaban J connectivity index is 3.11. The van der Waals surface area contributed by atoms with Crippen molar-refractivity contribution in [2.24, 2.45) is 0 Å². The first-order valence-corrected chi connectivity index (χ1v) is 7.73. The Morgan fingerprint density at radius 3 is 2.21 bits per heavy atom. The van der Waals surface area contributed by atoms with Crippen molar-refractivity contribution in [3.8, 4) is 0 Å². The maximum absolute atomic E-state index is 12.1. The molecule has 0 saturated carbocycles. The molecule has 0 unspecified atom stereocenters. The molecule has 19 heavy (non-hydrogen) atoms. The number of carbonyl (C=O) groups excluding carboxylic acids is 1. The topological polar surface area (TPSA) is 89.3 Å². The Labute approximate surface area is 114 Å². The summed E-state index contributed by atoms with van der Waals surface area (Å²) in [6.45, 7) is 6.40. The van der Waals surface area contributed by atoms with Gasteiger partial charge < -0.3 is 11.1 Å². The van der Waals surface area contributed by atoms with Gasteiger partial charge in [0.25, 0.3) is 0 Å². The minimum atomic E-state index is -3.49. The lowest BCUT2D eigenvalue weighted by Gasteiger charge is -2.22. The van der Waals surface area contributed by atoms with E-state index in [9.17, 15) is 13.2 Å².